The van der Waals surface area contributed by atoms with Crippen molar-refractivity contribution in [1.29, 1.82) is 0 Å². The van der Waals surface area contributed by atoms with Gasteiger partial charge in [0.25, 0.3) is 0 Å². The number of carbonyl (C=O) groups is 1. The second-order valence-corrected chi connectivity index (χ2v) is 8.19. The number of fused-ring (bicyclic) bond motifs is 1. The van der Waals surface area contributed by atoms with Crippen molar-refractivity contribution in [2.45, 2.75) is 24.2 Å². The highest BCUT2D eigenvalue weighted by molar-refractivity contribution is 7.89. The molecular formula is C19H18N4O4S. The maximum Gasteiger partial charge on any atom is 0.240 e. The Labute approximate surface area is 162 Å². The van der Waals surface area contributed by atoms with E-state index in [0.29, 0.717) is 35.8 Å². The number of hydrogen-bond acceptors (Lipinski definition) is 6. The largest absolute Gasteiger partial charge is 0.339 e. The number of sulfonamides is 1. The first-order valence-electron chi connectivity index (χ1n) is 8.82. The third kappa shape index (κ3) is 3.95. The van der Waals surface area contributed by atoms with E-state index in [1.807, 2.05) is 30.3 Å². The van der Waals surface area contributed by atoms with Crippen molar-refractivity contribution in [2.75, 3.05) is 11.9 Å². The van der Waals surface area contributed by atoms with E-state index in [1.54, 1.807) is 6.07 Å². The Bertz CT molecular complexity index is 1110. The number of carbonyl (C=O) groups excluding carboxylic acids is 1. The summed E-state index contributed by atoms with van der Waals surface area (Å²) in [5.41, 5.74) is 2.21. The molecule has 0 fully saturated rings. The highest BCUT2D eigenvalue weighted by Gasteiger charge is 2.21. The Morgan fingerprint density at radius 1 is 1.14 bits per heavy atom. The summed E-state index contributed by atoms with van der Waals surface area (Å²) in [6.07, 6.45) is 1.17. The number of anilines is 1. The van der Waals surface area contributed by atoms with Crippen LogP contribution in [0.4, 0.5) is 5.69 Å². The SMILES string of the molecule is O=C1Cc2cc(S(=O)(=O)NCCCc3nc(-c4ccccc4)no3)ccc2N1. The molecule has 0 unspecified atom stereocenters. The van der Waals surface area contributed by atoms with Crippen molar-refractivity contribution in [3.05, 3.63) is 60.0 Å². The first-order chi connectivity index (χ1) is 13.5. The van der Waals surface area contributed by atoms with E-state index in [2.05, 4.69) is 20.2 Å². The van der Waals surface area contributed by atoms with Gasteiger partial charge in [0, 0.05) is 24.2 Å². The number of benzene rings is 2. The zero-order valence-electron chi connectivity index (χ0n) is 14.9. The number of nitrogens with one attached hydrogen (secondary N) is 2. The van der Waals surface area contributed by atoms with Gasteiger partial charge in [0.1, 0.15) is 0 Å². The Morgan fingerprint density at radius 3 is 2.79 bits per heavy atom. The summed E-state index contributed by atoms with van der Waals surface area (Å²) in [5.74, 6) is 0.838. The number of amides is 1. The van der Waals surface area contributed by atoms with E-state index in [9.17, 15) is 13.2 Å². The van der Waals surface area contributed by atoms with Gasteiger partial charge in [-0.15, -0.1) is 0 Å². The van der Waals surface area contributed by atoms with Gasteiger partial charge in [-0.25, -0.2) is 13.1 Å². The van der Waals surface area contributed by atoms with Crippen LogP contribution in [0.3, 0.4) is 0 Å². The minimum atomic E-state index is -3.65. The average molecular weight is 398 g/mol. The molecule has 144 valence electrons. The molecule has 8 nitrogen and oxygen atoms in total. The summed E-state index contributed by atoms with van der Waals surface area (Å²) in [5, 5.41) is 6.63. The maximum absolute atomic E-state index is 12.4. The Hall–Kier alpha value is -3.04. The molecule has 1 aromatic heterocycles. The molecule has 0 aliphatic carbocycles. The fraction of sp³-hybridized carbons (Fsp3) is 0.211. The van der Waals surface area contributed by atoms with Crippen molar-refractivity contribution >= 4 is 21.6 Å². The van der Waals surface area contributed by atoms with Gasteiger partial charge in [-0.05, 0) is 30.2 Å². The van der Waals surface area contributed by atoms with Gasteiger partial charge in [0.2, 0.25) is 27.6 Å². The normalized spacial score (nSPS) is 13.4. The van der Waals surface area contributed by atoms with Crippen molar-refractivity contribution in [2.24, 2.45) is 0 Å². The van der Waals surface area contributed by atoms with Crippen LogP contribution >= 0.6 is 0 Å². The van der Waals surface area contributed by atoms with Crippen molar-refractivity contribution in [1.82, 2.24) is 14.9 Å². The molecule has 4 rings (SSSR count). The lowest BCUT2D eigenvalue weighted by atomic mass is 10.2. The first kappa shape index (κ1) is 18.3. The average Bonchev–Trinajstić information content (AvgIpc) is 3.31. The van der Waals surface area contributed by atoms with Crippen LogP contribution in [0.25, 0.3) is 11.4 Å². The van der Waals surface area contributed by atoms with Crippen molar-refractivity contribution in [3.63, 3.8) is 0 Å². The van der Waals surface area contributed by atoms with Crippen LogP contribution in [0.1, 0.15) is 17.9 Å². The molecular weight excluding hydrogens is 380 g/mol. The quantitative estimate of drug-likeness (QED) is 0.590. The summed E-state index contributed by atoms with van der Waals surface area (Å²) < 4.78 is 32.7. The van der Waals surface area contributed by atoms with E-state index >= 15 is 0 Å². The predicted octanol–water partition coefficient (Wildman–Crippen LogP) is 2.14. The standard InChI is InChI=1S/C19H18N4O4S/c24-17-12-14-11-15(8-9-16(14)21-17)28(25,26)20-10-4-7-18-22-19(23-27-18)13-5-2-1-3-6-13/h1-3,5-6,8-9,11,20H,4,7,10,12H2,(H,21,24). The second kappa shape index (κ2) is 7.53. The molecule has 2 heterocycles. The summed E-state index contributed by atoms with van der Waals surface area (Å²) >= 11 is 0. The predicted molar refractivity (Wildman–Crippen MR) is 102 cm³/mol. The minimum absolute atomic E-state index is 0.132. The van der Waals surface area contributed by atoms with E-state index < -0.39 is 10.0 Å². The fourth-order valence-electron chi connectivity index (χ4n) is 2.96. The number of aryl methyl sites for hydroxylation is 1. The first-order valence-corrected chi connectivity index (χ1v) is 10.3. The molecule has 0 bridgehead atoms. The second-order valence-electron chi connectivity index (χ2n) is 6.42. The molecule has 0 atom stereocenters. The molecule has 9 heteroatoms. The molecule has 1 aliphatic heterocycles. The molecule has 2 N–H and O–H groups in total. The molecule has 1 aliphatic rings. The van der Waals surface area contributed by atoms with Crippen molar-refractivity contribution in [3.8, 4) is 11.4 Å². The molecule has 1 amide bonds. The molecule has 28 heavy (non-hydrogen) atoms. The van der Waals surface area contributed by atoms with Gasteiger partial charge in [0.05, 0.1) is 11.3 Å². The maximum atomic E-state index is 12.4. The van der Waals surface area contributed by atoms with Gasteiger partial charge in [-0.2, -0.15) is 4.98 Å². The minimum Gasteiger partial charge on any atom is -0.339 e. The van der Waals surface area contributed by atoms with E-state index in [4.69, 9.17) is 4.52 Å². The smallest absolute Gasteiger partial charge is 0.240 e. The van der Waals surface area contributed by atoms with Gasteiger partial charge in [0.15, 0.2) is 0 Å². The molecule has 0 saturated heterocycles. The Morgan fingerprint density at radius 2 is 1.96 bits per heavy atom. The summed E-state index contributed by atoms with van der Waals surface area (Å²) in [6, 6.07) is 14.1. The molecule has 2 aromatic carbocycles. The zero-order valence-corrected chi connectivity index (χ0v) is 15.7. The van der Waals surface area contributed by atoms with Crippen LogP contribution in [0.2, 0.25) is 0 Å². The fourth-order valence-corrected chi connectivity index (χ4v) is 4.09. The zero-order chi connectivity index (χ0) is 19.6. The molecule has 3 aromatic rings. The van der Waals surface area contributed by atoms with Crippen LogP contribution in [0, 0.1) is 0 Å². The lowest BCUT2D eigenvalue weighted by Crippen LogP contribution is -2.25. The van der Waals surface area contributed by atoms with Crippen LogP contribution in [0.15, 0.2) is 57.9 Å². The van der Waals surface area contributed by atoms with E-state index in [-0.39, 0.29) is 23.8 Å². The molecule has 0 spiro atoms. The number of rotatable bonds is 7. The third-order valence-corrected chi connectivity index (χ3v) is 5.83. The third-order valence-electron chi connectivity index (χ3n) is 4.37. The highest BCUT2D eigenvalue weighted by Crippen LogP contribution is 2.25. The highest BCUT2D eigenvalue weighted by atomic mass is 32.2. The summed E-state index contributed by atoms with van der Waals surface area (Å²) in [4.78, 5) is 15.9. The Balaban J connectivity index is 1.32. The lowest BCUT2D eigenvalue weighted by Gasteiger charge is -2.07. The van der Waals surface area contributed by atoms with Crippen LogP contribution in [0.5, 0.6) is 0 Å². The molecule has 0 saturated carbocycles. The van der Waals surface area contributed by atoms with Gasteiger partial charge in [-0.1, -0.05) is 35.5 Å². The summed E-state index contributed by atoms with van der Waals surface area (Å²) in [7, 11) is -3.65. The van der Waals surface area contributed by atoms with Gasteiger partial charge >= 0.3 is 0 Å². The summed E-state index contributed by atoms with van der Waals surface area (Å²) in [6.45, 7) is 0.236. The van der Waals surface area contributed by atoms with Crippen molar-refractivity contribution < 1.29 is 17.7 Å². The van der Waals surface area contributed by atoms with E-state index in [1.165, 1.54) is 12.1 Å². The number of aromatic nitrogens is 2. The topological polar surface area (TPSA) is 114 Å². The Kier molecular flexibility index (Phi) is 4.93. The van der Waals surface area contributed by atoms with Crippen LogP contribution < -0.4 is 10.0 Å². The van der Waals surface area contributed by atoms with Gasteiger partial charge < -0.3 is 9.84 Å². The van der Waals surface area contributed by atoms with Crippen LogP contribution in [-0.2, 0) is 27.7 Å². The monoisotopic (exact) mass is 398 g/mol. The number of hydrogen-bond donors (Lipinski definition) is 2. The lowest BCUT2D eigenvalue weighted by molar-refractivity contribution is -0.115. The van der Waals surface area contributed by atoms with Crippen LogP contribution in [-0.4, -0.2) is 31.0 Å². The molecule has 0 radical (unpaired) electrons. The van der Waals surface area contributed by atoms with E-state index in [0.717, 1.165) is 5.56 Å². The van der Waals surface area contributed by atoms with Gasteiger partial charge in [-0.3, -0.25) is 4.79 Å². The number of nitrogens with zero attached hydrogens (tertiary/aromatic N) is 2.